The van der Waals surface area contributed by atoms with E-state index in [0.29, 0.717) is 30.1 Å². The maximum atomic E-state index is 13.9. The fourth-order valence-electron chi connectivity index (χ4n) is 3.74. The van der Waals surface area contributed by atoms with Crippen molar-refractivity contribution in [3.8, 4) is 5.69 Å². The molecule has 31 heavy (non-hydrogen) atoms. The molecule has 0 amide bonds. The van der Waals surface area contributed by atoms with Gasteiger partial charge in [-0.25, -0.2) is 18.7 Å². The fraction of sp³-hybridized carbons (Fsp3) is 0.292. The number of rotatable bonds is 6. The summed E-state index contributed by atoms with van der Waals surface area (Å²) >= 11 is 0. The number of aryl methyl sites for hydroxylation is 1. The lowest BCUT2D eigenvalue weighted by atomic mass is 10.1. The molecule has 0 saturated carbocycles. The molecule has 7 heteroatoms. The number of benzene rings is 2. The van der Waals surface area contributed by atoms with Gasteiger partial charge in [-0.15, -0.1) is 0 Å². The molecule has 2 aromatic heterocycles. The lowest BCUT2D eigenvalue weighted by molar-refractivity contribution is 0.491. The van der Waals surface area contributed by atoms with Crippen LogP contribution in [-0.2, 0) is 13.1 Å². The van der Waals surface area contributed by atoms with E-state index >= 15 is 0 Å². The number of fused-ring (bicyclic) bond motifs is 1. The Labute approximate surface area is 179 Å². The molecule has 0 atom stereocenters. The standard InChI is InChI=1S/C24H25FN4O2/c1-16(2)10-11-28-23(30)21-22(29(24(28)31)20-9-5-8-19(25)13-20)26-15-27(21)14-18-7-4-6-17(3)12-18/h4-9,12-13,15-16H,10-11,14H2,1-3H3. The van der Waals surface area contributed by atoms with Crippen LogP contribution in [-0.4, -0.2) is 18.7 Å². The Morgan fingerprint density at radius 2 is 1.84 bits per heavy atom. The summed E-state index contributed by atoms with van der Waals surface area (Å²) in [4.78, 5) is 31.1. The predicted molar refractivity (Wildman–Crippen MR) is 119 cm³/mol. The molecule has 0 bridgehead atoms. The van der Waals surface area contributed by atoms with Gasteiger partial charge in [0.25, 0.3) is 5.56 Å². The molecule has 0 aliphatic rings. The first-order chi connectivity index (χ1) is 14.8. The topological polar surface area (TPSA) is 61.8 Å². The van der Waals surface area contributed by atoms with Crippen LogP contribution in [0.2, 0.25) is 0 Å². The van der Waals surface area contributed by atoms with Gasteiger partial charge in [-0.3, -0.25) is 9.36 Å². The van der Waals surface area contributed by atoms with E-state index < -0.39 is 11.5 Å². The molecule has 0 N–H and O–H groups in total. The molecule has 4 rings (SSSR count). The van der Waals surface area contributed by atoms with E-state index in [1.54, 1.807) is 17.0 Å². The summed E-state index contributed by atoms with van der Waals surface area (Å²) in [6, 6.07) is 13.8. The second kappa shape index (κ2) is 8.34. The summed E-state index contributed by atoms with van der Waals surface area (Å²) in [5, 5.41) is 0. The van der Waals surface area contributed by atoms with Gasteiger partial charge >= 0.3 is 5.69 Å². The predicted octanol–water partition coefficient (Wildman–Crippen LogP) is 3.89. The first-order valence-electron chi connectivity index (χ1n) is 10.4. The molecule has 0 saturated heterocycles. The monoisotopic (exact) mass is 420 g/mol. The first-order valence-corrected chi connectivity index (χ1v) is 10.4. The van der Waals surface area contributed by atoms with Crippen molar-refractivity contribution >= 4 is 11.2 Å². The van der Waals surface area contributed by atoms with Crippen LogP contribution in [0.5, 0.6) is 0 Å². The smallest absolute Gasteiger partial charge is 0.320 e. The zero-order valence-corrected chi connectivity index (χ0v) is 17.9. The number of hydrogen-bond donors (Lipinski definition) is 0. The molecular formula is C24H25FN4O2. The molecule has 0 radical (unpaired) electrons. The van der Waals surface area contributed by atoms with E-state index in [4.69, 9.17) is 0 Å². The first kappa shape index (κ1) is 20.8. The maximum absolute atomic E-state index is 13.9. The average Bonchev–Trinajstić information content (AvgIpc) is 3.11. The zero-order chi connectivity index (χ0) is 22.1. The summed E-state index contributed by atoms with van der Waals surface area (Å²) < 4.78 is 18.3. The molecule has 2 aromatic carbocycles. The Hall–Kier alpha value is -3.48. The summed E-state index contributed by atoms with van der Waals surface area (Å²) in [7, 11) is 0. The van der Waals surface area contributed by atoms with Crippen LogP contribution < -0.4 is 11.2 Å². The Morgan fingerprint density at radius 1 is 1.06 bits per heavy atom. The van der Waals surface area contributed by atoms with Gasteiger partial charge in [-0.2, -0.15) is 0 Å². The molecule has 2 heterocycles. The van der Waals surface area contributed by atoms with Gasteiger partial charge in [0.1, 0.15) is 5.82 Å². The molecule has 0 unspecified atom stereocenters. The van der Waals surface area contributed by atoms with Crippen LogP contribution >= 0.6 is 0 Å². The summed E-state index contributed by atoms with van der Waals surface area (Å²) in [6.07, 6.45) is 2.24. The van der Waals surface area contributed by atoms with Crippen molar-refractivity contribution in [3.63, 3.8) is 0 Å². The third-order valence-corrected chi connectivity index (χ3v) is 5.33. The maximum Gasteiger partial charge on any atom is 0.337 e. The average molecular weight is 420 g/mol. The molecular weight excluding hydrogens is 395 g/mol. The minimum Gasteiger partial charge on any atom is -0.320 e. The Morgan fingerprint density at radius 3 is 2.55 bits per heavy atom. The van der Waals surface area contributed by atoms with Gasteiger partial charge in [-0.1, -0.05) is 49.7 Å². The van der Waals surface area contributed by atoms with Gasteiger partial charge in [0.05, 0.1) is 12.0 Å². The highest BCUT2D eigenvalue weighted by Gasteiger charge is 2.19. The second-order valence-corrected chi connectivity index (χ2v) is 8.27. The van der Waals surface area contributed by atoms with E-state index in [1.165, 1.54) is 27.3 Å². The van der Waals surface area contributed by atoms with E-state index in [0.717, 1.165) is 11.1 Å². The van der Waals surface area contributed by atoms with Crippen molar-refractivity contribution in [2.75, 3.05) is 0 Å². The number of imidazole rings is 1. The lowest BCUT2D eigenvalue weighted by Crippen LogP contribution is -2.40. The number of aromatic nitrogens is 4. The van der Waals surface area contributed by atoms with Crippen molar-refractivity contribution in [1.29, 1.82) is 0 Å². The number of hydrogen-bond acceptors (Lipinski definition) is 3. The quantitative estimate of drug-likeness (QED) is 0.475. The molecule has 0 aliphatic carbocycles. The molecule has 0 aliphatic heterocycles. The van der Waals surface area contributed by atoms with Crippen LogP contribution in [0.25, 0.3) is 16.9 Å². The van der Waals surface area contributed by atoms with Gasteiger partial charge in [0, 0.05) is 13.1 Å². The van der Waals surface area contributed by atoms with Crippen LogP contribution in [0.4, 0.5) is 4.39 Å². The van der Waals surface area contributed by atoms with Gasteiger partial charge in [-0.05, 0) is 43.0 Å². The van der Waals surface area contributed by atoms with Crippen LogP contribution in [0.15, 0.2) is 64.4 Å². The van der Waals surface area contributed by atoms with Crippen LogP contribution in [0.1, 0.15) is 31.4 Å². The largest absolute Gasteiger partial charge is 0.337 e. The minimum absolute atomic E-state index is 0.231. The molecule has 6 nitrogen and oxygen atoms in total. The third kappa shape index (κ3) is 4.08. The van der Waals surface area contributed by atoms with Crippen molar-refractivity contribution in [1.82, 2.24) is 18.7 Å². The highest BCUT2D eigenvalue weighted by atomic mass is 19.1. The van der Waals surface area contributed by atoms with Crippen LogP contribution in [0, 0.1) is 18.7 Å². The van der Waals surface area contributed by atoms with Crippen molar-refractivity contribution < 1.29 is 4.39 Å². The van der Waals surface area contributed by atoms with Gasteiger partial charge < -0.3 is 4.57 Å². The van der Waals surface area contributed by atoms with Crippen molar-refractivity contribution in [3.05, 3.63) is 92.6 Å². The molecule has 160 valence electrons. The van der Waals surface area contributed by atoms with E-state index in [1.807, 2.05) is 45.0 Å². The Bertz CT molecular complexity index is 1360. The molecule has 0 fully saturated rings. The Kier molecular flexibility index (Phi) is 5.59. The highest BCUT2D eigenvalue weighted by molar-refractivity contribution is 5.72. The zero-order valence-electron chi connectivity index (χ0n) is 17.9. The lowest BCUT2D eigenvalue weighted by Gasteiger charge is -2.14. The fourth-order valence-corrected chi connectivity index (χ4v) is 3.74. The van der Waals surface area contributed by atoms with Crippen molar-refractivity contribution in [2.24, 2.45) is 5.92 Å². The van der Waals surface area contributed by atoms with Gasteiger partial charge in [0.15, 0.2) is 11.2 Å². The molecule has 0 spiro atoms. The van der Waals surface area contributed by atoms with Gasteiger partial charge in [0.2, 0.25) is 0 Å². The summed E-state index contributed by atoms with van der Waals surface area (Å²) in [5.41, 5.74) is 2.16. The number of nitrogens with zero attached hydrogens (tertiary/aromatic N) is 4. The highest BCUT2D eigenvalue weighted by Crippen LogP contribution is 2.16. The third-order valence-electron chi connectivity index (χ3n) is 5.33. The van der Waals surface area contributed by atoms with E-state index in [9.17, 15) is 14.0 Å². The summed E-state index contributed by atoms with van der Waals surface area (Å²) in [6.45, 7) is 6.82. The SMILES string of the molecule is Cc1cccc(Cn2cnc3c2c(=O)n(CCC(C)C)c(=O)n3-c2cccc(F)c2)c1. The summed E-state index contributed by atoms with van der Waals surface area (Å²) in [5.74, 6) is -0.140. The molecule has 4 aromatic rings. The van der Waals surface area contributed by atoms with Crippen molar-refractivity contribution in [2.45, 2.75) is 40.3 Å². The second-order valence-electron chi connectivity index (χ2n) is 8.27. The van der Waals surface area contributed by atoms with Crippen LogP contribution in [0.3, 0.4) is 0 Å². The Balaban J connectivity index is 1.97. The normalized spacial score (nSPS) is 11.5. The number of halogens is 1. The van der Waals surface area contributed by atoms with E-state index in [2.05, 4.69) is 4.98 Å². The minimum atomic E-state index is -0.510. The van der Waals surface area contributed by atoms with E-state index in [-0.39, 0.29) is 17.8 Å².